The molecule has 2 atom stereocenters. The number of hydrogen-bond acceptors (Lipinski definition) is 8. The summed E-state index contributed by atoms with van der Waals surface area (Å²) in [5.74, 6) is -0.961. The van der Waals surface area contributed by atoms with Crippen molar-refractivity contribution in [3.8, 4) is 12.1 Å². The summed E-state index contributed by atoms with van der Waals surface area (Å²) in [7, 11) is 0. The molecule has 228 valence electrons. The van der Waals surface area contributed by atoms with Gasteiger partial charge in [0.15, 0.2) is 5.83 Å². The number of anilines is 2. The van der Waals surface area contributed by atoms with E-state index in [1.807, 2.05) is 0 Å². The predicted molar refractivity (Wildman–Crippen MR) is 167 cm³/mol. The molecule has 1 amide bonds. The summed E-state index contributed by atoms with van der Waals surface area (Å²) >= 11 is 0. The van der Waals surface area contributed by atoms with E-state index in [1.165, 1.54) is 39.8 Å². The van der Waals surface area contributed by atoms with Gasteiger partial charge in [-0.05, 0) is 49.6 Å². The van der Waals surface area contributed by atoms with E-state index in [0.717, 1.165) is 43.0 Å². The van der Waals surface area contributed by atoms with E-state index in [4.69, 9.17) is 14.7 Å². The quantitative estimate of drug-likeness (QED) is 0.351. The van der Waals surface area contributed by atoms with Gasteiger partial charge in [0.1, 0.15) is 12.4 Å². The van der Waals surface area contributed by atoms with Crippen LogP contribution in [0.5, 0.6) is 6.01 Å². The molecule has 44 heavy (non-hydrogen) atoms. The average molecular weight is 596 g/mol. The fourth-order valence-corrected chi connectivity index (χ4v) is 7.14. The number of benzene rings is 2. The summed E-state index contributed by atoms with van der Waals surface area (Å²) < 4.78 is 20.2. The summed E-state index contributed by atoms with van der Waals surface area (Å²) in [6, 6.07) is 16.0. The molecule has 0 N–H and O–H groups in total. The van der Waals surface area contributed by atoms with Crippen LogP contribution in [0.3, 0.4) is 0 Å². The van der Waals surface area contributed by atoms with Gasteiger partial charge in [-0.1, -0.05) is 36.9 Å². The largest absolute Gasteiger partial charge is 0.462 e. The van der Waals surface area contributed by atoms with Crippen LogP contribution in [0.2, 0.25) is 0 Å². The van der Waals surface area contributed by atoms with Gasteiger partial charge in [-0.2, -0.15) is 15.2 Å². The second-order valence-corrected chi connectivity index (χ2v) is 12.5. The lowest BCUT2D eigenvalue weighted by molar-refractivity contribution is -0.131. The van der Waals surface area contributed by atoms with Crippen LogP contribution in [-0.2, 0) is 17.8 Å². The van der Waals surface area contributed by atoms with Gasteiger partial charge in [0.2, 0.25) is 0 Å². The molecule has 0 radical (unpaired) electrons. The molecule has 2 aromatic carbocycles. The Morgan fingerprint density at radius 2 is 1.89 bits per heavy atom. The van der Waals surface area contributed by atoms with Crippen molar-refractivity contribution in [2.24, 2.45) is 0 Å². The summed E-state index contributed by atoms with van der Waals surface area (Å²) in [5, 5.41) is 12.0. The van der Waals surface area contributed by atoms with Crippen molar-refractivity contribution in [2.75, 3.05) is 49.1 Å². The number of ether oxygens (including phenoxy) is 1. The molecule has 2 saturated heterocycles. The van der Waals surface area contributed by atoms with Gasteiger partial charge in [0.25, 0.3) is 5.91 Å². The molecule has 3 aromatic rings. The number of amides is 1. The molecule has 9 nitrogen and oxygen atoms in total. The summed E-state index contributed by atoms with van der Waals surface area (Å²) in [4.78, 5) is 31.0. The number of aromatic nitrogens is 2. The smallest absolute Gasteiger partial charge is 0.318 e. The van der Waals surface area contributed by atoms with E-state index in [2.05, 4.69) is 70.7 Å². The van der Waals surface area contributed by atoms with Crippen molar-refractivity contribution in [3.05, 3.63) is 65.6 Å². The predicted octanol–water partition coefficient (Wildman–Crippen LogP) is 4.53. The monoisotopic (exact) mass is 595 g/mol. The maximum Gasteiger partial charge on any atom is 0.318 e. The van der Waals surface area contributed by atoms with Gasteiger partial charge in [-0.15, -0.1) is 0 Å². The number of nitrogens with zero attached hydrogens (tertiary/aromatic N) is 7. The molecule has 7 rings (SSSR count). The van der Waals surface area contributed by atoms with E-state index in [9.17, 15) is 14.4 Å². The van der Waals surface area contributed by atoms with Crippen LogP contribution in [-0.4, -0.2) is 83.1 Å². The SMILES string of the molecule is C=C(F)C(=O)N1CCN(c2nc(OC[C@@H]3CCN3C3CC3)nc3c2CCN(c2cccc4cccc(C)c24)C3)C[C@@H]1CC#N. The van der Waals surface area contributed by atoms with E-state index in [0.29, 0.717) is 44.3 Å². The number of carbonyl (C=O) groups is 1. The number of carbonyl (C=O) groups excluding carboxylic acids is 1. The molecule has 1 aromatic heterocycles. The van der Waals surface area contributed by atoms with Gasteiger partial charge in [0, 0.05) is 61.4 Å². The topological polar surface area (TPSA) is 88.8 Å². The number of piperazine rings is 1. The maximum atomic E-state index is 13.8. The third kappa shape index (κ3) is 5.34. The number of rotatable bonds is 8. The fourth-order valence-electron chi connectivity index (χ4n) is 7.14. The van der Waals surface area contributed by atoms with E-state index in [1.54, 1.807) is 0 Å². The van der Waals surface area contributed by atoms with Crippen LogP contribution in [0, 0.1) is 18.3 Å². The summed E-state index contributed by atoms with van der Waals surface area (Å²) in [6.45, 7) is 9.57. The van der Waals surface area contributed by atoms with E-state index in [-0.39, 0.29) is 13.0 Å². The Bertz CT molecular complexity index is 1650. The summed E-state index contributed by atoms with van der Waals surface area (Å²) in [6.07, 6.45) is 4.50. The molecule has 3 aliphatic heterocycles. The van der Waals surface area contributed by atoms with E-state index < -0.39 is 17.8 Å². The molecule has 1 saturated carbocycles. The summed E-state index contributed by atoms with van der Waals surface area (Å²) in [5.41, 5.74) is 4.43. The molecular weight excluding hydrogens is 557 g/mol. The minimum absolute atomic E-state index is 0.0963. The Labute approximate surface area is 257 Å². The normalized spacial score (nSPS) is 21.9. The third-order valence-corrected chi connectivity index (χ3v) is 9.67. The van der Waals surface area contributed by atoms with Crippen molar-refractivity contribution in [1.29, 1.82) is 5.26 Å². The molecule has 10 heteroatoms. The van der Waals surface area contributed by atoms with Crippen LogP contribution < -0.4 is 14.5 Å². The van der Waals surface area contributed by atoms with Crippen LogP contribution in [0.1, 0.15) is 42.5 Å². The lowest BCUT2D eigenvalue weighted by Gasteiger charge is -2.42. The Hall–Kier alpha value is -4.23. The van der Waals surface area contributed by atoms with Gasteiger partial charge in [-0.3, -0.25) is 9.69 Å². The Balaban J connectivity index is 1.20. The minimum atomic E-state index is -1.00. The molecule has 4 heterocycles. The first-order valence-electron chi connectivity index (χ1n) is 15.7. The molecule has 0 unspecified atom stereocenters. The zero-order valence-corrected chi connectivity index (χ0v) is 25.2. The first-order valence-corrected chi connectivity index (χ1v) is 15.7. The van der Waals surface area contributed by atoms with E-state index >= 15 is 0 Å². The van der Waals surface area contributed by atoms with Crippen molar-refractivity contribution in [1.82, 2.24) is 19.8 Å². The van der Waals surface area contributed by atoms with Gasteiger partial charge in [-0.25, -0.2) is 4.39 Å². The van der Waals surface area contributed by atoms with Crippen LogP contribution in [0.25, 0.3) is 10.8 Å². The zero-order valence-electron chi connectivity index (χ0n) is 25.2. The first-order chi connectivity index (χ1) is 21.4. The zero-order chi connectivity index (χ0) is 30.4. The highest BCUT2D eigenvalue weighted by Crippen LogP contribution is 2.37. The number of aryl methyl sites for hydroxylation is 1. The van der Waals surface area contributed by atoms with Crippen LogP contribution >= 0.6 is 0 Å². The first kappa shape index (κ1) is 28.5. The van der Waals surface area contributed by atoms with Crippen molar-refractivity contribution >= 4 is 28.2 Å². The number of fused-ring (bicyclic) bond motifs is 2. The fraction of sp³-hybridized carbons (Fsp3) is 0.471. The Kier molecular flexibility index (Phi) is 7.58. The molecule has 0 spiro atoms. The van der Waals surface area contributed by atoms with Gasteiger partial charge in [0.05, 0.1) is 30.8 Å². The number of hydrogen-bond donors (Lipinski definition) is 0. The minimum Gasteiger partial charge on any atom is -0.462 e. The molecule has 0 bridgehead atoms. The number of likely N-dealkylation sites (tertiary alicyclic amines) is 1. The highest BCUT2D eigenvalue weighted by atomic mass is 19.1. The molecule has 1 aliphatic carbocycles. The lowest BCUT2D eigenvalue weighted by Crippen LogP contribution is -2.56. The number of nitriles is 1. The molecule has 3 fully saturated rings. The van der Waals surface area contributed by atoms with Gasteiger partial charge < -0.3 is 19.4 Å². The molecular formula is C34H38FN7O2. The van der Waals surface area contributed by atoms with Crippen LogP contribution in [0.4, 0.5) is 15.9 Å². The van der Waals surface area contributed by atoms with Crippen molar-refractivity contribution in [3.63, 3.8) is 0 Å². The lowest BCUT2D eigenvalue weighted by atomic mass is 9.99. The second kappa shape index (κ2) is 11.7. The second-order valence-electron chi connectivity index (χ2n) is 12.5. The Morgan fingerprint density at radius 3 is 2.61 bits per heavy atom. The van der Waals surface area contributed by atoms with Gasteiger partial charge >= 0.3 is 6.01 Å². The highest BCUT2D eigenvalue weighted by Gasteiger charge is 2.40. The molecule has 4 aliphatic rings. The van der Waals surface area contributed by atoms with Crippen molar-refractivity contribution < 1.29 is 13.9 Å². The Morgan fingerprint density at radius 1 is 1.07 bits per heavy atom. The third-order valence-electron chi connectivity index (χ3n) is 9.67. The van der Waals surface area contributed by atoms with Crippen LogP contribution in [0.15, 0.2) is 48.8 Å². The maximum absolute atomic E-state index is 13.8. The van der Waals surface area contributed by atoms with Crippen molar-refractivity contribution in [2.45, 2.75) is 63.7 Å². The average Bonchev–Trinajstić information content (AvgIpc) is 3.84. The standard InChI is InChI=1S/C34H38FN7O2/c1-22-5-3-6-24-7-4-8-30(31(22)24)39-15-13-28-29(20-39)37-34(44-21-27-12-16-41(27)25-9-10-25)38-32(28)40-17-18-42(33(43)23(2)35)26(19-40)11-14-36/h3-8,25-27H,2,9-13,15-21H2,1H3/t26-,27-/m0/s1. The number of halogens is 1. The highest BCUT2D eigenvalue weighted by molar-refractivity contribution is 5.97.